The first-order chi connectivity index (χ1) is 9.74. The molecule has 0 aromatic carbocycles. The predicted octanol–water partition coefficient (Wildman–Crippen LogP) is 2.01. The van der Waals surface area contributed by atoms with E-state index in [9.17, 15) is 0 Å². The molecule has 0 fully saturated rings. The Kier molecular flexibility index (Phi) is 8.95. The van der Waals surface area contributed by atoms with Gasteiger partial charge >= 0.3 is 0 Å². The highest BCUT2D eigenvalue weighted by Gasteiger charge is 2.05. The summed E-state index contributed by atoms with van der Waals surface area (Å²) in [6, 6.07) is 3.96. The van der Waals surface area contributed by atoms with Gasteiger partial charge < -0.3 is 19.5 Å². The van der Waals surface area contributed by atoms with Crippen molar-refractivity contribution in [3.63, 3.8) is 0 Å². The molecule has 1 heterocycles. The summed E-state index contributed by atoms with van der Waals surface area (Å²) in [4.78, 5) is 4.27. The topological polar surface area (TPSA) is 52.6 Å². The zero-order valence-electron chi connectivity index (χ0n) is 12.7. The van der Waals surface area contributed by atoms with E-state index in [0.717, 1.165) is 31.7 Å². The van der Waals surface area contributed by atoms with Gasteiger partial charge in [-0.3, -0.25) is 0 Å². The second kappa shape index (κ2) is 10.6. The highest BCUT2D eigenvalue weighted by Crippen LogP contribution is 2.15. The second-order valence-corrected chi connectivity index (χ2v) is 4.77. The van der Waals surface area contributed by atoms with Crippen LogP contribution in [-0.4, -0.2) is 44.6 Å². The molecule has 5 nitrogen and oxygen atoms in total. The SMILES string of the molecule is COCCOCCCNCc1cccnc1OC(C)C. The van der Waals surface area contributed by atoms with E-state index in [2.05, 4.69) is 10.3 Å². The first-order valence-electron chi connectivity index (χ1n) is 7.12. The van der Waals surface area contributed by atoms with Crippen molar-refractivity contribution in [1.82, 2.24) is 10.3 Å². The number of nitrogens with zero attached hydrogens (tertiary/aromatic N) is 1. The van der Waals surface area contributed by atoms with Crippen LogP contribution in [0.4, 0.5) is 0 Å². The van der Waals surface area contributed by atoms with E-state index in [-0.39, 0.29) is 6.10 Å². The van der Waals surface area contributed by atoms with Crippen LogP contribution >= 0.6 is 0 Å². The third-order valence-electron chi connectivity index (χ3n) is 2.59. The van der Waals surface area contributed by atoms with Crippen LogP contribution in [0.3, 0.4) is 0 Å². The van der Waals surface area contributed by atoms with Crippen LogP contribution in [0.15, 0.2) is 18.3 Å². The Labute approximate surface area is 121 Å². The van der Waals surface area contributed by atoms with E-state index >= 15 is 0 Å². The maximum Gasteiger partial charge on any atom is 0.218 e. The molecule has 0 aliphatic rings. The average molecular weight is 282 g/mol. The number of aromatic nitrogens is 1. The maximum absolute atomic E-state index is 5.68. The first kappa shape index (κ1) is 16.9. The molecule has 1 aromatic heterocycles. The summed E-state index contributed by atoms with van der Waals surface area (Å²) in [6.07, 6.45) is 2.87. The molecule has 0 amide bonds. The molecule has 0 aliphatic carbocycles. The maximum atomic E-state index is 5.68. The molecule has 0 bridgehead atoms. The van der Waals surface area contributed by atoms with Crippen molar-refractivity contribution in [2.24, 2.45) is 0 Å². The van der Waals surface area contributed by atoms with Gasteiger partial charge in [0.15, 0.2) is 0 Å². The van der Waals surface area contributed by atoms with E-state index in [0.29, 0.717) is 19.1 Å². The second-order valence-electron chi connectivity index (χ2n) is 4.77. The summed E-state index contributed by atoms with van der Waals surface area (Å²) in [5.41, 5.74) is 1.08. The van der Waals surface area contributed by atoms with Crippen LogP contribution in [0.1, 0.15) is 25.8 Å². The lowest BCUT2D eigenvalue weighted by molar-refractivity contribution is 0.0694. The highest BCUT2D eigenvalue weighted by molar-refractivity contribution is 5.25. The fraction of sp³-hybridized carbons (Fsp3) is 0.667. The zero-order valence-corrected chi connectivity index (χ0v) is 12.7. The summed E-state index contributed by atoms with van der Waals surface area (Å²) >= 11 is 0. The van der Waals surface area contributed by atoms with Crippen LogP contribution in [-0.2, 0) is 16.0 Å². The molecule has 0 aliphatic heterocycles. The van der Waals surface area contributed by atoms with Crippen LogP contribution < -0.4 is 10.1 Å². The fourth-order valence-corrected chi connectivity index (χ4v) is 1.65. The van der Waals surface area contributed by atoms with E-state index in [1.165, 1.54) is 0 Å². The summed E-state index contributed by atoms with van der Waals surface area (Å²) < 4.78 is 16.0. The van der Waals surface area contributed by atoms with Crippen LogP contribution in [0.25, 0.3) is 0 Å². The van der Waals surface area contributed by atoms with E-state index in [1.807, 2.05) is 26.0 Å². The molecular weight excluding hydrogens is 256 g/mol. The molecule has 5 heteroatoms. The Balaban J connectivity index is 2.18. The Hall–Kier alpha value is -1.17. The summed E-state index contributed by atoms with van der Waals surface area (Å²) in [6.45, 7) is 7.73. The zero-order chi connectivity index (χ0) is 14.6. The number of hydrogen-bond acceptors (Lipinski definition) is 5. The number of rotatable bonds is 11. The monoisotopic (exact) mass is 282 g/mol. The molecule has 1 rings (SSSR count). The van der Waals surface area contributed by atoms with Crippen LogP contribution in [0, 0.1) is 0 Å². The van der Waals surface area contributed by atoms with E-state index in [1.54, 1.807) is 13.3 Å². The van der Waals surface area contributed by atoms with Gasteiger partial charge in [-0.15, -0.1) is 0 Å². The largest absolute Gasteiger partial charge is 0.475 e. The lowest BCUT2D eigenvalue weighted by Gasteiger charge is -2.13. The van der Waals surface area contributed by atoms with Gasteiger partial charge in [0.2, 0.25) is 5.88 Å². The van der Waals surface area contributed by atoms with Crippen molar-refractivity contribution in [2.75, 3.05) is 33.5 Å². The first-order valence-corrected chi connectivity index (χ1v) is 7.12. The van der Waals surface area contributed by atoms with Gasteiger partial charge in [-0.2, -0.15) is 0 Å². The van der Waals surface area contributed by atoms with Gasteiger partial charge in [-0.25, -0.2) is 4.98 Å². The van der Waals surface area contributed by atoms with Crippen molar-refractivity contribution < 1.29 is 14.2 Å². The number of methoxy groups -OCH3 is 1. The summed E-state index contributed by atoms with van der Waals surface area (Å²) in [7, 11) is 1.68. The fourth-order valence-electron chi connectivity index (χ4n) is 1.65. The minimum absolute atomic E-state index is 0.137. The van der Waals surface area contributed by atoms with Crippen LogP contribution in [0.5, 0.6) is 5.88 Å². The minimum atomic E-state index is 0.137. The van der Waals surface area contributed by atoms with Crippen molar-refractivity contribution in [1.29, 1.82) is 0 Å². The van der Waals surface area contributed by atoms with Gasteiger partial charge in [-0.1, -0.05) is 6.07 Å². The molecule has 1 N–H and O–H groups in total. The average Bonchev–Trinajstić information content (AvgIpc) is 2.43. The molecular formula is C15H26N2O3. The number of hydrogen-bond donors (Lipinski definition) is 1. The molecule has 0 spiro atoms. The molecule has 114 valence electrons. The van der Waals surface area contributed by atoms with Gasteiger partial charge in [0, 0.05) is 32.0 Å². The molecule has 1 aromatic rings. The Bertz CT molecular complexity index is 359. The van der Waals surface area contributed by atoms with E-state index < -0.39 is 0 Å². The lowest BCUT2D eigenvalue weighted by atomic mass is 10.2. The van der Waals surface area contributed by atoms with Crippen molar-refractivity contribution in [3.8, 4) is 5.88 Å². The molecule has 0 unspecified atom stereocenters. The minimum Gasteiger partial charge on any atom is -0.475 e. The van der Waals surface area contributed by atoms with Gasteiger partial charge in [-0.05, 0) is 32.9 Å². The van der Waals surface area contributed by atoms with Crippen molar-refractivity contribution >= 4 is 0 Å². The van der Waals surface area contributed by atoms with Crippen LogP contribution in [0.2, 0.25) is 0 Å². The molecule has 0 saturated heterocycles. The third kappa shape index (κ3) is 7.43. The Morgan fingerprint density at radius 3 is 2.85 bits per heavy atom. The predicted molar refractivity (Wildman–Crippen MR) is 79.0 cm³/mol. The lowest BCUT2D eigenvalue weighted by Crippen LogP contribution is -2.18. The standard InChI is InChI=1S/C15H26N2O3/c1-13(2)20-15-14(6-4-8-17-15)12-16-7-5-9-19-11-10-18-3/h4,6,8,13,16H,5,7,9-12H2,1-3H3. The highest BCUT2D eigenvalue weighted by atomic mass is 16.5. The normalized spacial score (nSPS) is 11.0. The summed E-state index contributed by atoms with van der Waals surface area (Å²) in [5, 5.41) is 3.37. The smallest absolute Gasteiger partial charge is 0.218 e. The number of pyridine rings is 1. The van der Waals surface area contributed by atoms with Gasteiger partial charge in [0.1, 0.15) is 0 Å². The van der Waals surface area contributed by atoms with Crippen molar-refractivity contribution in [2.45, 2.75) is 32.9 Å². The van der Waals surface area contributed by atoms with Gasteiger partial charge in [0.05, 0.1) is 19.3 Å². The third-order valence-corrected chi connectivity index (χ3v) is 2.59. The van der Waals surface area contributed by atoms with E-state index in [4.69, 9.17) is 14.2 Å². The van der Waals surface area contributed by atoms with Gasteiger partial charge in [0.25, 0.3) is 0 Å². The number of ether oxygens (including phenoxy) is 3. The number of nitrogens with one attached hydrogen (secondary N) is 1. The summed E-state index contributed by atoms with van der Waals surface area (Å²) in [5.74, 6) is 0.714. The molecule has 0 radical (unpaired) electrons. The Morgan fingerprint density at radius 2 is 2.10 bits per heavy atom. The molecule has 0 atom stereocenters. The quantitative estimate of drug-likeness (QED) is 0.629. The van der Waals surface area contributed by atoms with Crippen molar-refractivity contribution in [3.05, 3.63) is 23.9 Å². The molecule has 0 saturated carbocycles. The Morgan fingerprint density at radius 1 is 1.25 bits per heavy atom. The molecule has 20 heavy (non-hydrogen) atoms.